The van der Waals surface area contributed by atoms with Crippen molar-refractivity contribution in [3.05, 3.63) is 32.6 Å². The first-order chi connectivity index (χ1) is 8.65. The number of aliphatic hydroxyl groups excluding tert-OH is 1. The molecule has 2 atom stereocenters. The van der Waals surface area contributed by atoms with Gasteiger partial charge in [0.25, 0.3) is 0 Å². The molecule has 1 fully saturated rings. The summed E-state index contributed by atoms with van der Waals surface area (Å²) < 4.78 is 6.79. The van der Waals surface area contributed by atoms with Gasteiger partial charge in [0.05, 0.1) is 0 Å². The van der Waals surface area contributed by atoms with Crippen LogP contribution in [0.25, 0.3) is 0 Å². The average Bonchev–Trinajstić information content (AvgIpc) is 2.81. The molecule has 2 heterocycles. The topological polar surface area (TPSA) is 84.3 Å². The molecular weight excluding hydrogens is 275 g/mol. The van der Waals surface area contributed by atoms with Crippen LogP contribution in [0.15, 0.2) is 15.8 Å². The Labute approximate surface area is 108 Å². The van der Waals surface area contributed by atoms with E-state index in [1.165, 1.54) is 10.8 Å². The van der Waals surface area contributed by atoms with Crippen LogP contribution >= 0.6 is 6.81 Å². The van der Waals surface area contributed by atoms with E-state index in [4.69, 9.17) is 21.7 Å². The van der Waals surface area contributed by atoms with Crippen molar-refractivity contribution in [1.82, 2.24) is 9.55 Å². The summed E-state index contributed by atoms with van der Waals surface area (Å²) in [6.07, 6.45) is 1.96. The molecule has 0 bridgehead atoms. The number of aliphatic hydroxyl groups is 1. The zero-order valence-corrected chi connectivity index (χ0v) is 11.0. The summed E-state index contributed by atoms with van der Waals surface area (Å²) in [4.78, 5) is 25.3. The van der Waals surface area contributed by atoms with Crippen LogP contribution in [0.5, 0.6) is 0 Å². The van der Waals surface area contributed by atoms with E-state index in [1.807, 2.05) is 0 Å². The average molecular weight is 286 g/mol. The van der Waals surface area contributed by atoms with Crippen LogP contribution in [0, 0.1) is 5.63 Å². The number of rotatable bonds is 2. The number of nitrogens with one attached hydrogen (secondary N) is 1. The van der Waals surface area contributed by atoms with E-state index >= 15 is 0 Å². The fraction of sp³-hybridized carbons (Fsp3) is 0.500. The van der Waals surface area contributed by atoms with Gasteiger partial charge in [0.15, 0.2) is 0 Å². The van der Waals surface area contributed by atoms with E-state index in [-0.39, 0.29) is 18.3 Å². The van der Waals surface area contributed by atoms with Crippen molar-refractivity contribution in [1.29, 1.82) is 0 Å². The number of H-pyrrole nitrogens is 1. The van der Waals surface area contributed by atoms with Gasteiger partial charge < -0.3 is 0 Å². The molecule has 1 aromatic heterocycles. The van der Waals surface area contributed by atoms with Crippen LogP contribution in [0.2, 0.25) is 0 Å². The van der Waals surface area contributed by atoms with Crippen LogP contribution in [0.3, 0.4) is 0 Å². The molecule has 1 saturated heterocycles. The van der Waals surface area contributed by atoms with E-state index < -0.39 is 17.5 Å². The summed E-state index contributed by atoms with van der Waals surface area (Å²) >= 11 is 4.70. The summed E-state index contributed by atoms with van der Waals surface area (Å²) in [5.74, 6) is 0. The predicted octanol–water partition coefficient (Wildman–Crippen LogP) is -0.0781. The molecule has 18 heavy (non-hydrogen) atoms. The molecule has 2 N–H and O–H groups in total. The van der Waals surface area contributed by atoms with Gasteiger partial charge in [-0.05, 0) is 0 Å². The fourth-order valence-corrected chi connectivity index (χ4v) is 2.41. The third kappa shape index (κ3) is 2.71. The van der Waals surface area contributed by atoms with Crippen LogP contribution < -0.4 is 11.2 Å². The molecule has 1 aliphatic heterocycles. The van der Waals surface area contributed by atoms with Gasteiger partial charge in [-0.2, -0.15) is 0 Å². The second-order valence-corrected chi connectivity index (χ2v) is 4.84. The molecule has 2 rings (SSSR count). The van der Waals surface area contributed by atoms with E-state index in [9.17, 15) is 9.59 Å². The SMILES string of the molecule is O=c1[nH]c(=O)n([C@H]2CC[C@@H](CO)O2)cc1C#P=S. The molecule has 8 heteroatoms. The Morgan fingerprint density at radius 2 is 2.39 bits per heavy atom. The zero-order chi connectivity index (χ0) is 13.1. The van der Waals surface area contributed by atoms with E-state index in [0.29, 0.717) is 19.7 Å². The van der Waals surface area contributed by atoms with Crippen LogP contribution in [0.1, 0.15) is 24.6 Å². The number of aromatic nitrogens is 2. The number of nitrogens with zero attached hydrogens (tertiary/aromatic N) is 1. The molecule has 96 valence electrons. The van der Waals surface area contributed by atoms with Gasteiger partial charge in [-0.25, -0.2) is 0 Å². The van der Waals surface area contributed by atoms with Crippen LogP contribution in [0.4, 0.5) is 0 Å². The maximum atomic E-state index is 11.7. The van der Waals surface area contributed by atoms with E-state index in [2.05, 4.69) is 10.6 Å². The standard InChI is InChI=1S/C10H11N2O4PS/c13-4-7-1-2-8(16-7)12-3-6(5-17-18)9(14)11-10(12)15/h3,7-8,13H,1-2,4H2,(H,11,14,15)/t7-,8+/m0/s1. The van der Waals surface area contributed by atoms with Crippen molar-refractivity contribution in [2.75, 3.05) is 6.61 Å². The molecule has 0 spiro atoms. The number of hydrogen-bond acceptors (Lipinski definition) is 5. The Balaban J connectivity index is 2.41. The number of ether oxygens (including phenoxy) is 1. The second-order valence-electron chi connectivity index (χ2n) is 3.89. The normalized spacial score (nSPS) is 22.7. The van der Waals surface area contributed by atoms with E-state index in [1.54, 1.807) is 0 Å². The summed E-state index contributed by atoms with van der Waals surface area (Å²) in [6.45, 7) is 0.319. The van der Waals surface area contributed by atoms with Crippen molar-refractivity contribution < 1.29 is 9.84 Å². The molecule has 1 aliphatic rings. The molecule has 0 amide bonds. The molecular formula is C10H11N2O4PS. The van der Waals surface area contributed by atoms with Crippen molar-refractivity contribution in [3.63, 3.8) is 0 Å². The van der Waals surface area contributed by atoms with Crippen LogP contribution in [-0.4, -0.2) is 27.4 Å². The van der Waals surface area contributed by atoms with Gasteiger partial charge in [-0.3, -0.25) is 0 Å². The van der Waals surface area contributed by atoms with Gasteiger partial charge >= 0.3 is 108 Å². The number of aromatic amines is 1. The molecule has 1 aromatic rings. The van der Waals surface area contributed by atoms with Crippen molar-refractivity contribution >= 4 is 18.6 Å². The Kier molecular flexibility index (Phi) is 4.32. The van der Waals surface area contributed by atoms with Gasteiger partial charge in [0.1, 0.15) is 0 Å². The van der Waals surface area contributed by atoms with Gasteiger partial charge in [-0.1, -0.05) is 0 Å². The first kappa shape index (κ1) is 13.5. The molecule has 0 aromatic carbocycles. The molecule has 6 nitrogen and oxygen atoms in total. The summed E-state index contributed by atoms with van der Waals surface area (Å²) in [6, 6.07) is 0. The maximum absolute atomic E-state index is 11.7. The van der Waals surface area contributed by atoms with Gasteiger partial charge in [0, 0.05) is 0 Å². The van der Waals surface area contributed by atoms with Crippen LogP contribution in [-0.2, 0) is 16.5 Å². The summed E-state index contributed by atoms with van der Waals surface area (Å²) in [5, 5.41) is 8.99. The Bertz CT molecular complexity index is 662. The Hall–Kier alpha value is -0.970. The third-order valence-corrected chi connectivity index (χ3v) is 3.34. The fourth-order valence-electron chi connectivity index (χ4n) is 1.85. The number of hydrogen-bond donors (Lipinski definition) is 2. The molecule has 0 unspecified atom stereocenters. The van der Waals surface area contributed by atoms with Gasteiger partial charge in [0.2, 0.25) is 0 Å². The zero-order valence-electron chi connectivity index (χ0n) is 9.33. The van der Waals surface area contributed by atoms with Gasteiger partial charge in [-0.15, -0.1) is 0 Å². The van der Waals surface area contributed by atoms with E-state index in [0.717, 1.165) is 0 Å². The third-order valence-electron chi connectivity index (χ3n) is 2.73. The molecule has 0 saturated carbocycles. The minimum absolute atomic E-state index is 0.0789. The van der Waals surface area contributed by atoms with Crippen molar-refractivity contribution in [2.24, 2.45) is 0 Å². The Morgan fingerprint density at radius 1 is 1.61 bits per heavy atom. The first-order valence-electron chi connectivity index (χ1n) is 5.36. The first-order valence-corrected chi connectivity index (χ1v) is 7.26. The second kappa shape index (κ2) is 5.78. The van der Waals surface area contributed by atoms with Crippen molar-refractivity contribution in [2.45, 2.75) is 25.2 Å². The quantitative estimate of drug-likeness (QED) is 0.743. The monoisotopic (exact) mass is 286 g/mol. The summed E-state index contributed by atoms with van der Waals surface area (Å²) in [5.41, 5.74) is 1.85. The van der Waals surface area contributed by atoms with Crippen molar-refractivity contribution in [3.8, 4) is 5.63 Å². The Morgan fingerprint density at radius 3 is 3.00 bits per heavy atom. The minimum atomic E-state index is -0.532. The summed E-state index contributed by atoms with van der Waals surface area (Å²) in [7, 11) is 0. The molecule has 0 aliphatic carbocycles. The predicted molar refractivity (Wildman–Crippen MR) is 68.8 cm³/mol. The molecule has 0 radical (unpaired) electrons.